The molecule has 16 rings (SSSR count). The average molecular weight is 1960 g/mol. The Bertz CT molecular complexity index is 5860. The number of ether oxygens (including phenoxy) is 8. The van der Waals surface area contributed by atoms with Crippen LogP contribution >= 0.6 is 15.9 Å². The van der Waals surface area contributed by atoms with Gasteiger partial charge in [-0.2, -0.15) is 0 Å². The molecule has 0 radical (unpaired) electrons. The molecule has 25 nitrogen and oxygen atoms in total. The van der Waals surface area contributed by atoms with Gasteiger partial charge in [-0.05, 0) is 308 Å². The summed E-state index contributed by atoms with van der Waals surface area (Å²) in [6.45, 7) is 20.8. The number of carbonyl (C=O) groups excluding carboxylic acids is 2. The minimum atomic E-state index is -0.682. The van der Waals surface area contributed by atoms with Gasteiger partial charge in [0.1, 0.15) is 23.3 Å². The summed E-state index contributed by atoms with van der Waals surface area (Å²) in [4.78, 5) is 51.9. The Balaban J connectivity index is 0.000000166. The SMILES string of the molecule is COC(=O)C1CCC(CO)CC1.COC(=O)C1CCC(COc2cc(-c3ccc(NCc4cccc(C)c4)nc3)ccc2OC)CC1.COc1ccc(-c2ccc(NCc3cccc(C)c3)nc2)cc1O.COc1ccc(-c2ccc(NCc3cccc(C)c3)nc2)cc1OCC1CCC(C(=O)O)CC1.COc1ccc(B2OC(C)(C)C(C)(C)O2)cc1O.Cc1cccc(CNc2ccc(Br)cn2)c1. The van der Waals surface area contributed by atoms with E-state index in [0.717, 1.165) is 176 Å². The molecule has 4 fully saturated rings. The zero-order valence-corrected chi connectivity index (χ0v) is 83.9. The lowest BCUT2D eigenvalue weighted by Gasteiger charge is -2.32. The maximum Gasteiger partial charge on any atom is 0.494 e. The molecule has 4 aliphatic rings. The molecule has 27 heteroatoms. The van der Waals surface area contributed by atoms with Gasteiger partial charge in [-0.1, -0.05) is 144 Å². The summed E-state index contributed by atoms with van der Waals surface area (Å²) >= 11 is 3.36. The first-order valence-corrected chi connectivity index (χ1v) is 48.2. The minimum absolute atomic E-state index is 0.0240. The average Bonchev–Trinajstić information content (AvgIpc) is 1.62. The number of esters is 2. The molecule has 4 aromatic heterocycles. The zero-order valence-electron chi connectivity index (χ0n) is 82.3. The van der Waals surface area contributed by atoms with E-state index in [4.69, 9.17) is 47.6 Å². The maximum atomic E-state index is 11.8. The second-order valence-corrected chi connectivity index (χ2v) is 37.4. The highest BCUT2D eigenvalue weighted by molar-refractivity contribution is 9.10. The molecule has 0 unspecified atom stereocenters. The predicted octanol–water partition coefficient (Wildman–Crippen LogP) is 22.8. The first-order chi connectivity index (χ1) is 67.0. The van der Waals surface area contributed by atoms with Crippen LogP contribution in [0.15, 0.2) is 248 Å². The number of hydrogen-bond acceptors (Lipinski definition) is 24. The van der Waals surface area contributed by atoms with Gasteiger partial charge in [0.15, 0.2) is 46.0 Å². The number of nitrogens with one attached hydrogen (secondary N) is 4. The number of rotatable bonds is 30. The number of phenols is 2. The second kappa shape index (κ2) is 53.1. The number of anilines is 4. The molecule has 8 N–H and O–H groups in total. The van der Waals surface area contributed by atoms with E-state index in [1.165, 1.54) is 72.9 Å². The van der Waals surface area contributed by atoms with Crippen molar-refractivity contribution in [3.8, 4) is 79.4 Å². The summed E-state index contributed by atoms with van der Waals surface area (Å²) in [5.41, 5.74) is 15.8. The molecule has 12 aromatic rings. The zero-order chi connectivity index (χ0) is 99.4. The number of aryl methyl sites for hydroxylation is 4. The van der Waals surface area contributed by atoms with Crippen LogP contribution in [-0.4, -0.2) is 139 Å². The number of phenolic OH excluding ortho intramolecular Hbond substituents is 2. The summed E-state index contributed by atoms with van der Waals surface area (Å²) in [5.74, 6) is 7.52. The van der Waals surface area contributed by atoms with Crippen LogP contribution < -0.4 is 55.2 Å². The van der Waals surface area contributed by atoms with Crippen molar-refractivity contribution in [3.63, 3.8) is 0 Å². The van der Waals surface area contributed by atoms with Crippen LogP contribution in [0.4, 0.5) is 23.3 Å². The van der Waals surface area contributed by atoms with Crippen LogP contribution in [0.2, 0.25) is 0 Å². The Labute approximate surface area is 827 Å². The molecule has 139 heavy (non-hydrogen) atoms. The molecule has 0 atom stereocenters. The fraction of sp³-hybridized carbons (Fsp3) is 0.366. The van der Waals surface area contributed by atoms with E-state index in [1.807, 2.05) is 131 Å². The lowest BCUT2D eigenvalue weighted by molar-refractivity contribution is -0.147. The molecule has 1 saturated heterocycles. The number of aromatic nitrogens is 4. The number of nitrogens with zero attached hydrogens (tertiary/aromatic N) is 4. The number of carboxylic acid groups (broad SMARTS) is 1. The van der Waals surface area contributed by atoms with Crippen LogP contribution in [0.5, 0.6) is 46.0 Å². The molecule has 0 spiro atoms. The van der Waals surface area contributed by atoms with Gasteiger partial charge >= 0.3 is 25.0 Å². The van der Waals surface area contributed by atoms with Gasteiger partial charge in [0.05, 0.1) is 84.8 Å². The van der Waals surface area contributed by atoms with E-state index in [1.54, 1.807) is 50.9 Å². The number of carbonyl (C=O) groups is 3. The molecule has 1 aliphatic heterocycles. The Hall–Kier alpha value is -13.2. The molecule has 0 bridgehead atoms. The number of benzene rings is 8. The van der Waals surface area contributed by atoms with Gasteiger partial charge in [0.2, 0.25) is 0 Å². The Morgan fingerprint density at radius 2 is 0.691 bits per heavy atom. The number of aliphatic hydroxyl groups excluding tert-OH is 1. The van der Waals surface area contributed by atoms with Crippen molar-refractivity contribution in [3.05, 3.63) is 292 Å². The Morgan fingerprint density at radius 1 is 0.374 bits per heavy atom. The van der Waals surface area contributed by atoms with Gasteiger partial charge in [-0.3, -0.25) is 14.4 Å². The smallest absolute Gasteiger partial charge is 0.494 e. The number of pyridine rings is 4. The van der Waals surface area contributed by atoms with Crippen LogP contribution in [0, 0.1) is 63.2 Å². The lowest BCUT2D eigenvalue weighted by Crippen LogP contribution is -2.41. The number of aliphatic hydroxyl groups is 1. The highest BCUT2D eigenvalue weighted by Gasteiger charge is 2.52. The van der Waals surface area contributed by atoms with Crippen LogP contribution in [0.3, 0.4) is 0 Å². The van der Waals surface area contributed by atoms with Gasteiger partial charge in [0, 0.05) is 78.7 Å². The molecule has 0 amide bonds. The van der Waals surface area contributed by atoms with Crippen molar-refractivity contribution in [1.29, 1.82) is 0 Å². The molecule has 3 aliphatic carbocycles. The molecular formula is C112H134BBrN8O17. The number of halogens is 1. The van der Waals surface area contributed by atoms with Crippen molar-refractivity contribution in [1.82, 2.24) is 19.9 Å². The largest absolute Gasteiger partial charge is 0.504 e. The normalized spacial score (nSPS) is 17.0. The van der Waals surface area contributed by atoms with E-state index in [9.17, 15) is 29.7 Å². The summed E-state index contributed by atoms with van der Waals surface area (Å²) < 4.78 is 55.8. The maximum absolute atomic E-state index is 11.8. The van der Waals surface area contributed by atoms with Crippen molar-refractivity contribution >= 4 is 69.7 Å². The lowest BCUT2D eigenvalue weighted by atomic mass is 9.79. The molecule has 734 valence electrons. The first-order valence-electron chi connectivity index (χ1n) is 47.4. The van der Waals surface area contributed by atoms with Gasteiger partial charge < -0.3 is 88.9 Å². The third-order valence-corrected chi connectivity index (χ3v) is 26.1. The topological polar surface area (TPSA) is 324 Å². The summed E-state index contributed by atoms with van der Waals surface area (Å²) in [7, 11) is 8.76. The van der Waals surface area contributed by atoms with Gasteiger partial charge in [-0.15, -0.1) is 0 Å². The highest BCUT2D eigenvalue weighted by atomic mass is 79.9. The summed E-state index contributed by atoms with van der Waals surface area (Å²) in [5, 5.41) is 51.1. The molecule has 8 aromatic carbocycles. The van der Waals surface area contributed by atoms with E-state index < -0.39 is 13.1 Å². The number of aliphatic carboxylic acids is 1. The van der Waals surface area contributed by atoms with Gasteiger partial charge in [0.25, 0.3) is 0 Å². The fourth-order valence-corrected chi connectivity index (χ4v) is 16.9. The van der Waals surface area contributed by atoms with Crippen molar-refractivity contribution < 1.29 is 82.0 Å². The number of methoxy groups -OCH3 is 6. The van der Waals surface area contributed by atoms with Crippen molar-refractivity contribution in [2.45, 2.75) is 170 Å². The molecular weight excluding hydrogens is 1820 g/mol. The monoisotopic (exact) mass is 1950 g/mol. The van der Waals surface area contributed by atoms with E-state index >= 15 is 0 Å². The van der Waals surface area contributed by atoms with E-state index in [2.05, 4.69) is 193 Å². The van der Waals surface area contributed by atoms with E-state index in [-0.39, 0.29) is 59.0 Å². The fourth-order valence-electron chi connectivity index (χ4n) is 16.7. The third-order valence-electron chi connectivity index (χ3n) is 25.6. The quantitative estimate of drug-likeness (QED) is 0.0153. The number of carboxylic acids is 1. The molecule has 5 heterocycles. The standard InChI is InChI=1S/C29H34N2O4.C28H32N2O4.C20H20N2O2.C13H19BO4.C13H13BrN2.C9H16O3/c1-20-5-4-6-22(15-20)17-30-28-14-12-25(18-31-28)24-11-13-26(33-2)27(16-24)35-19-21-7-9-23(10-8-21)29(32)34-3;1-19-4-3-5-21(14-19)16-29-27-13-11-24(17-30-27)23-10-12-25(33-2)26(15-23)34-18-20-6-8-22(9-7-20)28(31)32;1-14-4-3-5-15(10-14)12-21-20-9-7-17(13-22-20)16-6-8-19(24-2)18(23)11-16;1-12(2)13(3,4)18-14(17-12)9-6-7-11(16-5)10(15)8-9;1-10-3-2-4-11(7-10)8-15-13-6-5-12(14)9-16-13;1-12-9(11)8-4-2-7(6-10)3-5-8/h4-6,11-16,18,21,23H,7-10,17,19H2,1-3H3,(H,30,31);3-5,10-15,17,20,22H,6-9,16,18H2,1-2H3,(H,29,30)(H,31,32);3-11,13,23H,12H2,1-2H3,(H,21,22);6-8,15H,1-5H3;2-7,9H,8H2,1H3,(H,15,16);7-8,10H,2-6H2,1H3. The van der Waals surface area contributed by atoms with Crippen LogP contribution in [0.1, 0.15) is 149 Å². The first kappa shape index (κ1) is 106. The number of aromatic hydroxyl groups is 2. The van der Waals surface area contributed by atoms with Crippen molar-refractivity contribution in [2.24, 2.45) is 35.5 Å². The van der Waals surface area contributed by atoms with Crippen LogP contribution in [-0.2, 0) is 59.3 Å². The molecule has 3 saturated carbocycles. The Morgan fingerprint density at radius 3 is 0.993 bits per heavy atom. The van der Waals surface area contributed by atoms with Gasteiger partial charge in [-0.25, -0.2) is 19.9 Å². The predicted molar refractivity (Wildman–Crippen MR) is 553 cm³/mol. The summed E-state index contributed by atoms with van der Waals surface area (Å²) in [6, 6.07) is 72.0. The Kier molecular flexibility index (Phi) is 40.6. The number of hydrogen-bond donors (Lipinski definition) is 8. The minimum Gasteiger partial charge on any atom is -0.504 e. The summed E-state index contributed by atoms with van der Waals surface area (Å²) in [6.07, 6.45) is 17.8. The van der Waals surface area contributed by atoms with E-state index in [0.29, 0.717) is 59.7 Å². The second-order valence-electron chi connectivity index (χ2n) is 36.5. The van der Waals surface area contributed by atoms with Crippen LogP contribution in [0.25, 0.3) is 33.4 Å². The highest BCUT2D eigenvalue weighted by Crippen LogP contribution is 2.41. The third kappa shape index (κ3) is 32.7. The van der Waals surface area contributed by atoms with Crippen molar-refractivity contribution in [2.75, 3.05) is 83.7 Å².